The average Bonchev–Trinajstić information content (AvgIpc) is 3.48. The number of rotatable bonds is 5. The molecule has 1 saturated heterocycles. The molecule has 2 aliphatic heterocycles. The first-order valence-electron chi connectivity index (χ1n) is 14.0. The second-order valence-corrected chi connectivity index (χ2v) is 14.1. The highest BCUT2D eigenvalue weighted by Gasteiger charge is 2.84. The van der Waals surface area contributed by atoms with Crippen molar-refractivity contribution < 1.29 is 51.5 Å². The van der Waals surface area contributed by atoms with Crippen LogP contribution in [-0.2, 0) is 33.6 Å². The lowest BCUT2D eigenvalue weighted by Crippen LogP contribution is -2.73. The largest absolute Gasteiger partial charge is 0.458 e. The zero-order chi connectivity index (χ0) is 28.3. The summed E-state index contributed by atoms with van der Waals surface area (Å²) in [7, 11) is -4.92. The minimum Gasteiger partial charge on any atom is -0.458 e. The topological polar surface area (TPSA) is 180 Å². The Morgan fingerprint density at radius 3 is 2.51 bits per heavy atom. The van der Waals surface area contributed by atoms with Gasteiger partial charge in [0.25, 0.3) is 0 Å². The number of ketones is 1. The van der Waals surface area contributed by atoms with Crippen LogP contribution in [0.3, 0.4) is 0 Å². The van der Waals surface area contributed by atoms with Crippen molar-refractivity contribution in [2.75, 3.05) is 6.61 Å². The van der Waals surface area contributed by atoms with Crippen LogP contribution in [-0.4, -0.2) is 82.3 Å². The molecule has 11 nitrogen and oxygen atoms in total. The second-order valence-electron chi connectivity index (χ2n) is 13.1. The van der Waals surface area contributed by atoms with Crippen molar-refractivity contribution in [1.82, 2.24) is 0 Å². The van der Waals surface area contributed by atoms with E-state index in [1.807, 2.05) is 6.92 Å². The fraction of sp³-hybridized carbons (Fsp3) is 0.852. The van der Waals surface area contributed by atoms with Crippen LogP contribution >= 0.6 is 0 Å². The molecular formula is C27H38O11S. The Morgan fingerprint density at radius 1 is 1.15 bits per heavy atom. The third-order valence-corrected chi connectivity index (χ3v) is 12.1. The Labute approximate surface area is 227 Å². The maximum absolute atomic E-state index is 13.5. The van der Waals surface area contributed by atoms with Crippen LogP contribution in [0.4, 0.5) is 0 Å². The molecular weight excluding hydrogens is 532 g/mol. The van der Waals surface area contributed by atoms with E-state index in [9.17, 15) is 33.3 Å². The lowest BCUT2D eigenvalue weighted by Gasteiger charge is -2.58. The lowest BCUT2D eigenvalue weighted by molar-refractivity contribution is -0.209. The molecule has 12 atom stereocenters. The molecule has 2 heterocycles. The van der Waals surface area contributed by atoms with Crippen molar-refractivity contribution in [1.29, 1.82) is 0 Å². The number of hydrogen-bond acceptors (Lipinski definition) is 10. The zero-order valence-electron chi connectivity index (χ0n) is 22.4. The third kappa shape index (κ3) is 3.71. The molecule has 4 N–H and O–H groups in total. The minimum absolute atomic E-state index is 0.0294. The summed E-state index contributed by atoms with van der Waals surface area (Å²) in [5, 5.41) is 32.7. The van der Waals surface area contributed by atoms with Gasteiger partial charge in [0.2, 0.25) is 0 Å². The van der Waals surface area contributed by atoms with E-state index >= 15 is 0 Å². The van der Waals surface area contributed by atoms with E-state index in [1.54, 1.807) is 0 Å². The number of esters is 1. The first kappa shape index (κ1) is 27.7. The first-order valence-corrected chi connectivity index (χ1v) is 15.3. The van der Waals surface area contributed by atoms with Crippen molar-refractivity contribution in [3.8, 4) is 0 Å². The maximum atomic E-state index is 13.5. The Kier molecular flexibility index (Phi) is 6.26. The van der Waals surface area contributed by atoms with Gasteiger partial charge in [-0.25, -0.2) is 8.98 Å². The van der Waals surface area contributed by atoms with Gasteiger partial charge >= 0.3 is 16.4 Å². The quantitative estimate of drug-likeness (QED) is 0.211. The van der Waals surface area contributed by atoms with E-state index in [4.69, 9.17) is 14.0 Å². The molecule has 4 saturated carbocycles. The molecule has 0 amide bonds. The van der Waals surface area contributed by atoms with E-state index in [0.29, 0.717) is 24.8 Å². The van der Waals surface area contributed by atoms with Crippen molar-refractivity contribution in [3.63, 3.8) is 0 Å². The number of fused-ring (bicyclic) bond motifs is 4. The molecule has 1 spiro atoms. The Bertz CT molecular complexity index is 1230. The molecule has 218 valence electrons. The fourth-order valence-electron chi connectivity index (χ4n) is 9.82. The highest BCUT2D eigenvalue weighted by molar-refractivity contribution is 7.80. The normalized spacial score (nSPS) is 49.9. The SMILES string of the molecule is CC1=C(CO)C(=O)O[C@@H]([C@@H](C)[C@H]2CC[C@H]3[C@@H]4C[C@H]5O[C@]56[C@@H](O)[C@@H](OS(=O)(=O)O)CC(=O)[C@]6(O)[C@H]4CC[C@]23C)C1. The van der Waals surface area contributed by atoms with Crippen molar-refractivity contribution in [2.45, 2.75) is 101 Å². The van der Waals surface area contributed by atoms with Crippen LogP contribution in [0.25, 0.3) is 0 Å². The number of carbonyl (C=O) groups is 2. The minimum atomic E-state index is -4.92. The summed E-state index contributed by atoms with van der Waals surface area (Å²) in [4.78, 5) is 26.0. The molecule has 39 heavy (non-hydrogen) atoms. The predicted octanol–water partition coefficient (Wildman–Crippen LogP) is 1.10. The van der Waals surface area contributed by atoms with Crippen molar-refractivity contribution in [2.24, 2.45) is 35.0 Å². The van der Waals surface area contributed by atoms with Gasteiger partial charge in [0, 0.05) is 18.8 Å². The number of epoxide rings is 1. The van der Waals surface area contributed by atoms with Gasteiger partial charge < -0.3 is 24.8 Å². The summed E-state index contributed by atoms with van der Waals surface area (Å²) < 4.78 is 48.1. The number of ether oxygens (including phenoxy) is 2. The molecule has 0 radical (unpaired) electrons. The van der Waals surface area contributed by atoms with Gasteiger partial charge in [-0.1, -0.05) is 19.4 Å². The maximum Gasteiger partial charge on any atom is 0.397 e. The third-order valence-electron chi connectivity index (χ3n) is 11.6. The van der Waals surface area contributed by atoms with Crippen LogP contribution in [0.1, 0.15) is 65.7 Å². The summed E-state index contributed by atoms with van der Waals surface area (Å²) in [5.74, 6) is -1.04. The standard InChI is InChI=1S/C27H38O11S/c1-12-8-19(36-24(31)15(12)11-28)13(2)16-4-5-17-14-9-22-27(37-22)23(30)20(38-39(33,34)35)10-21(29)26(27,32)18(14)6-7-25(16,17)3/h13-14,16-20,22-23,28,30,32H,4-11H2,1-3H3,(H,33,34,35)/t13-,14-,16+,17-,18-,19+,20-,22+,23-,25+,26+,27-/m0/s1. The summed E-state index contributed by atoms with van der Waals surface area (Å²) in [5.41, 5.74) is -2.52. The monoisotopic (exact) mass is 570 g/mol. The van der Waals surface area contributed by atoms with Gasteiger partial charge in [0.05, 0.1) is 18.3 Å². The number of Topliss-reactive ketones (excluding diaryl/α,β-unsaturated/α-hetero) is 1. The van der Waals surface area contributed by atoms with Crippen LogP contribution in [0.2, 0.25) is 0 Å². The summed E-state index contributed by atoms with van der Waals surface area (Å²) in [6.45, 7) is 5.92. The molecule has 0 aromatic carbocycles. The van der Waals surface area contributed by atoms with Gasteiger partial charge in [0.1, 0.15) is 18.3 Å². The van der Waals surface area contributed by atoms with Gasteiger partial charge in [-0.3, -0.25) is 9.35 Å². The molecule has 0 unspecified atom stereocenters. The molecule has 12 heteroatoms. The molecule has 0 bridgehead atoms. The number of carbonyl (C=O) groups excluding carboxylic acids is 2. The highest BCUT2D eigenvalue weighted by Crippen LogP contribution is 2.71. The van der Waals surface area contributed by atoms with Gasteiger partial charge in [0.15, 0.2) is 17.0 Å². The Hall–Kier alpha value is -1.41. The number of aliphatic hydroxyl groups is 3. The number of cyclic esters (lactones) is 1. The lowest BCUT2D eigenvalue weighted by atomic mass is 9.46. The zero-order valence-corrected chi connectivity index (χ0v) is 23.2. The summed E-state index contributed by atoms with van der Waals surface area (Å²) >= 11 is 0. The molecule has 0 aromatic heterocycles. The van der Waals surface area contributed by atoms with E-state index in [1.165, 1.54) is 0 Å². The van der Waals surface area contributed by atoms with E-state index in [-0.39, 0.29) is 41.8 Å². The van der Waals surface area contributed by atoms with Crippen molar-refractivity contribution >= 4 is 22.2 Å². The number of aliphatic hydroxyl groups excluding tert-OH is 2. The van der Waals surface area contributed by atoms with Crippen LogP contribution in [0.15, 0.2) is 11.1 Å². The molecule has 0 aromatic rings. The smallest absolute Gasteiger partial charge is 0.397 e. The van der Waals surface area contributed by atoms with Gasteiger partial charge in [-0.2, -0.15) is 8.42 Å². The molecule has 6 rings (SSSR count). The van der Waals surface area contributed by atoms with E-state index in [0.717, 1.165) is 24.8 Å². The number of hydrogen-bond donors (Lipinski definition) is 4. The summed E-state index contributed by atoms with van der Waals surface area (Å²) in [6.07, 6.45) is -0.361. The highest BCUT2D eigenvalue weighted by atomic mass is 32.3. The van der Waals surface area contributed by atoms with Crippen molar-refractivity contribution in [3.05, 3.63) is 11.1 Å². The molecule has 6 aliphatic rings. The Morgan fingerprint density at radius 2 is 1.87 bits per heavy atom. The van der Waals surface area contributed by atoms with Crippen LogP contribution < -0.4 is 0 Å². The van der Waals surface area contributed by atoms with Gasteiger partial charge in [-0.15, -0.1) is 0 Å². The van der Waals surface area contributed by atoms with E-state index in [2.05, 4.69) is 18.0 Å². The van der Waals surface area contributed by atoms with Crippen LogP contribution in [0, 0.1) is 35.0 Å². The fourth-order valence-corrected chi connectivity index (χ4v) is 10.3. The molecule has 5 fully saturated rings. The first-order chi connectivity index (χ1) is 18.2. The molecule has 4 aliphatic carbocycles. The van der Waals surface area contributed by atoms with Gasteiger partial charge in [-0.05, 0) is 68.1 Å². The summed E-state index contributed by atoms with van der Waals surface area (Å²) in [6, 6.07) is 0. The predicted molar refractivity (Wildman–Crippen MR) is 133 cm³/mol. The Balaban J connectivity index is 1.25. The average molecular weight is 571 g/mol. The van der Waals surface area contributed by atoms with Crippen LogP contribution in [0.5, 0.6) is 0 Å². The second kappa shape index (κ2) is 8.80. The van der Waals surface area contributed by atoms with E-state index < -0.39 is 64.0 Å².